The second-order valence-electron chi connectivity index (χ2n) is 5.12. The number of fused-ring (bicyclic) bond motifs is 1. The number of hydrogen-bond acceptors (Lipinski definition) is 2. The van der Waals surface area contributed by atoms with Gasteiger partial charge in [-0.3, -0.25) is 4.79 Å². The molecular formula is C17H17FN2O. The summed E-state index contributed by atoms with van der Waals surface area (Å²) in [7, 11) is 0. The summed E-state index contributed by atoms with van der Waals surface area (Å²) in [6.45, 7) is 2.40. The fourth-order valence-corrected chi connectivity index (χ4v) is 2.74. The van der Waals surface area contributed by atoms with Crippen LogP contribution in [-0.4, -0.2) is 18.5 Å². The lowest BCUT2D eigenvalue weighted by Crippen LogP contribution is -2.42. The van der Waals surface area contributed by atoms with Crippen molar-refractivity contribution < 1.29 is 9.18 Å². The molecule has 1 aliphatic heterocycles. The Balaban J connectivity index is 1.81. The Labute approximate surface area is 123 Å². The molecule has 1 amide bonds. The van der Waals surface area contributed by atoms with Crippen molar-refractivity contribution in [2.24, 2.45) is 0 Å². The molecule has 0 radical (unpaired) electrons. The van der Waals surface area contributed by atoms with Gasteiger partial charge in [0.2, 0.25) is 5.91 Å². The maximum Gasteiger partial charge on any atom is 0.249 e. The van der Waals surface area contributed by atoms with Crippen LogP contribution in [-0.2, 0) is 11.2 Å². The van der Waals surface area contributed by atoms with E-state index in [4.69, 9.17) is 0 Å². The summed E-state index contributed by atoms with van der Waals surface area (Å²) in [6.07, 6.45) is 0.667. The Hall–Kier alpha value is -2.36. The number of likely N-dealkylation sites (N-methyl/N-ethyl adjacent to an activating group) is 1. The minimum atomic E-state index is -0.332. The highest BCUT2D eigenvalue weighted by molar-refractivity contribution is 6.00. The van der Waals surface area contributed by atoms with E-state index in [1.165, 1.54) is 12.1 Å². The SMILES string of the molecule is CCN(C(=O)[C@@H]1Cc2ccccc2N1)c1cccc(F)c1. The van der Waals surface area contributed by atoms with E-state index in [2.05, 4.69) is 5.32 Å². The summed E-state index contributed by atoms with van der Waals surface area (Å²) >= 11 is 0. The lowest BCUT2D eigenvalue weighted by Gasteiger charge is -2.24. The molecule has 1 heterocycles. The highest BCUT2D eigenvalue weighted by Gasteiger charge is 2.30. The first-order chi connectivity index (χ1) is 10.2. The van der Waals surface area contributed by atoms with E-state index in [-0.39, 0.29) is 17.8 Å². The molecule has 0 aromatic heterocycles. The van der Waals surface area contributed by atoms with Gasteiger partial charge in [0, 0.05) is 24.3 Å². The molecule has 21 heavy (non-hydrogen) atoms. The topological polar surface area (TPSA) is 32.3 Å². The molecule has 1 N–H and O–H groups in total. The van der Waals surface area contributed by atoms with Gasteiger partial charge in [0.05, 0.1) is 0 Å². The van der Waals surface area contributed by atoms with E-state index in [1.54, 1.807) is 17.0 Å². The minimum absolute atomic E-state index is 0.0284. The first-order valence-electron chi connectivity index (χ1n) is 7.10. The fraction of sp³-hybridized carbons (Fsp3) is 0.235. The monoisotopic (exact) mass is 284 g/mol. The number of nitrogens with zero attached hydrogens (tertiary/aromatic N) is 1. The number of carbonyl (C=O) groups is 1. The van der Waals surface area contributed by atoms with Crippen LogP contribution in [0, 0.1) is 5.82 Å². The van der Waals surface area contributed by atoms with Gasteiger partial charge in [-0.1, -0.05) is 24.3 Å². The van der Waals surface area contributed by atoms with Crippen molar-refractivity contribution in [2.75, 3.05) is 16.8 Å². The van der Waals surface area contributed by atoms with Gasteiger partial charge >= 0.3 is 0 Å². The quantitative estimate of drug-likeness (QED) is 0.938. The fourth-order valence-electron chi connectivity index (χ4n) is 2.74. The van der Waals surface area contributed by atoms with Gasteiger partial charge in [-0.15, -0.1) is 0 Å². The Morgan fingerprint density at radius 1 is 1.29 bits per heavy atom. The largest absolute Gasteiger partial charge is 0.373 e. The zero-order chi connectivity index (χ0) is 14.8. The number of nitrogens with one attached hydrogen (secondary N) is 1. The number of halogens is 1. The maximum absolute atomic E-state index is 13.4. The molecule has 3 nitrogen and oxygen atoms in total. The van der Waals surface area contributed by atoms with Crippen molar-refractivity contribution in [2.45, 2.75) is 19.4 Å². The number of benzene rings is 2. The molecule has 0 unspecified atom stereocenters. The number of para-hydroxylation sites is 1. The summed E-state index contributed by atoms with van der Waals surface area (Å²) in [4.78, 5) is 14.3. The molecule has 1 atom stereocenters. The van der Waals surface area contributed by atoms with Crippen LogP contribution >= 0.6 is 0 Å². The lowest BCUT2D eigenvalue weighted by atomic mass is 10.1. The van der Waals surface area contributed by atoms with Crippen LogP contribution in [0.2, 0.25) is 0 Å². The number of carbonyl (C=O) groups excluding carboxylic acids is 1. The normalized spacial score (nSPS) is 16.2. The van der Waals surface area contributed by atoms with Crippen molar-refractivity contribution in [3.63, 3.8) is 0 Å². The van der Waals surface area contributed by atoms with Crippen LogP contribution in [0.1, 0.15) is 12.5 Å². The number of amides is 1. The standard InChI is InChI=1S/C17H17FN2O/c1-2-20(14-8-5-7-13(18)11-14)17(21)16-10-12-6-3-4-9-15(12)19-16/h3-9,11,16,19H,2,10H2,1H3/t16-/m0/s1. The third kappa shape index (κ3) is 2.61. The lowest BCUT2D eigenvalue weighted by molar-refractivity contribution is -0.119. The molecule has 2 aromatic rings. The molecule has 3 rings (SSSR count). The van der Waals surface area contributed by atoms with Gasteiger partial charge in [-0.2, -0.15) is 0 Å². The molecule has 0 aliphatic carbocycles. The van der Waals surface area contributed by atoms with Crippen molar-refractivity contribution in [3.05, 3.63) is 59.9 Å². The van der Waals surface area contributed by atoms with E-state index >= 15 is 0 Å². The van der Waals surface area contributed by atoms with E-state index in [0.29, 0.717) is 18.7 Å². The highest BCUT2D eigenvalue weighted by Crippen LogP contribution is 2.27. The van der Waals surface area contributed by atoms with Gasteiger partial charge in [0.15, 0.2) is 0 Å². The first-order valence-corrected chi connectivity index (χ1v) is 7.10. The summed E-state index contributed by atoms with van der Waals surface area (Å²) in [5.74, 6) is -0.360. The van der Waals surface area contributed by atoms with Crippen molar-refractivity contribution in [1.29, 1.82) is 0 Å². The van der Waals surface area contributed by atoms with Crippen LogP contribution < -0.4 is 10.2 Å². The van der Waals surface area contributed by atoms with Crippen LogP contribution in [0.4, 0.5) is 15.8 Å². The van der Waals surface area contributed by atoms with Crippen LogP contribution in [0.3, 0.4) is 0 Å². The Kier molecular flexibility index (Phi) is 3.60. The third-order valence-corrected chi connectivity index (χ3v) is 3.77. The second kappa shape index (κ2) is 5.56. The van der Waals surface area contributed by atoms with Crippen molar-refractivity contribution >= 4 is 17.3 Å². The molecule has 0 bridgehead atoms. The maximum atomic E-state index is 13.4. The van der Waals surface area contributed by atoms with Gasteiger partial charge in [-0.25, -0.2) is 4.39 Å². The molecule has 108 valence electrons. The van der Waals surface area contributed by atoms with Crippen molar-refractivity contribution in [1.82, 2.24) is 0 Å². The van der Waals surface area contributed by atoms with E-state index < -0.39 is 0 Å². The number of anilines is 2. The summed E-state index contributed by atoms with van der Waals surface area (Å²) in [5.41, 5.74) is 2.75. The van der Waals surface area contributed by atoms with Crippen LogP contribution in [0.15, 0.2) is 48.5 Å². The smallest absolute Gasteiger partial charge is 0.249 e. The Morgan fingerprint density at radius 3 is 2.81 bits per heavy atom. The summed E-state index contributed by atoms with van der Waals surface area (Å²) in [5, 5.41) is 3.25. The third-order valence-electron chi connectivity index (χ3n) is 3.77. The molecule has 4 heteroatoms. The first kappa shape index (κ1) is 13.6. The highest BCUT2D eigenvalue weighted by atomic mass is 19.1. The molecule has 0 saturated carbocycles. The molecule has 0 spiro atoms. The van der Waals surface area contributed by atoms with Crippen molar-refractivity contribution in [3.8, 4) is 0 Å². The molecular weight excluding hydrogens is 267 g/mol. The molecule has 2 aromatic carbocycles. The Bertz CT molecular complexity index is 646. The summed E-state index contributed by atoms with van der Waals surface area (Å²) < 4.78 is 13.4. The van der Waals surface area contributed by atoms with E-state index in [0.717, 1.165) is 11.3 Å². The van der Waals surface area contributed by atoms with Gasteiger partial charge in [0.25, 0.3) is 0 Å². The molecule has 1 aliphatic rings. The minimum Gasteiger partial charge on any atom is -0.373 e. The predicted molar refractivity (Wildman–Crippen MR) is 82.0 cm³/mol. The average Bonchev–Trinajstić information content (AvgIpc) is 2.92. The Morgan fingerprint density at radius 2 is 2.10 bits per heavy atom. The molecule has 0 saturated heterocycles. The zero-order valence-electron chi connectivity index (χ0n) is 11.8. The summed E-state index contributed by atoms with van der Waals surface area (Å²) in [6, 6.07) is 13.8. The predicted octanol–water partition coefficient (Wildman–Crippen LogP) is 3.22. The number of rotatable bonds is 3. The van der Waals surface area contributed by atoms with E-state index in [9.17, 15) is 9.18 Å². The van der Waals surface area contributed by atoms with Crippen LogP contribution in [0.5, 0.6) is 0 Å². The second-order valence-corrected chi connectivity index (χ2v) is 5.12. The van der Waals surface area contributed by atoms with Gasteiger partial charge < -0.3 is 10.2 Å². The number of hydrogen-bond donors (Lipinski definition) is 1. The molecule has 0 fully saturated rings. The average molecular weight is 284 g/mol. The van der Waals surface area contributed by atoms with Gasteiger partial charge in [-0.05, 0) is 36.8 Å². The van der Waals surface area contributed by atoms with Crippen LogP contribution in [0.25, 0.3) is 0 Å². The van der Waals surface area contributed by atoms with E-state index in [1.807, 2.05) is 31.2 Å². The van der Waals surface area contributed by atoms with Gasteiger partial charge in [0.1, 0.15) is 11.9 Å². The zero-order valence-corrected chi connectivity index (χ0v) is 11.8.